The van der Waals surface area contributed by atoms with E-state index in [-0.39, 0.29) is 12.5 Å². The summed E-state index contributed by atoms with van der Waals surface area (Å²) in [6, 6.07) is 0. The monoisotopic (exact) mass is 226 g/mol. The van der Waals surface area contributed by atoms with Crippen molar-refractivity contribution in [3.05, 3.63) is 11.1 Å². The number of ether oxygens (including phenoxy) is 1. The van der Waals surface area contributed by atoms with Crippen molar-refractivity contribution in [3.8, 4) is 0 Å². The Morgan fingerprint density at radius 3 is 2.85 bits per heavy atom. The van der Waals surface area contributed by atoms with E-state index < -0.39 is 0 Å². The van der Waals surface area contributed by atoms with Crippen LogP contribution in [0.1, 0.15) is 13.3 Å². The molecule has 0 bridgehead atoms. The van der Waals surface area contributed by atoms with Gasteiger partial charge in [-0.05, 0) is 6.42 Å². The van der Waals surface area contributed by atoms with Crippen LogP contribution in [0.2, 0.25) is 0 Å². The molecule has 1 unspecified atom stereocenters. The Morgan fingerprint density at radius 1 is 1.62 bits per heavy atom. The number of hydrogen-bond donors (Lipinski definition) is 1. The molecule has 0 aliphatic heterocycles. The fraction of sp³-hybridized carbons (Fsp3) is 0.778. The molecule has 0 aliphatic rings. The summed E-state index contributed by atoms with van der Waals surface area (Å²) in [7, 11) is 0. The van der Waals surface area contributed by atoms with E-state index >= 15 is 0 Å². The van der Waals surface area contributed by atoms with Crippen LogP contribution in [0.15, 0.2) is 11.1 Å². The summed E-state index contributed by atoms with van der Waals surface area (Å²) in [5, 5.41) is 9.23. The molecule has 2 nitrogen and oxygen atoms in total. The van der Waals surface area contributed by atoms with Gasteiger partial charge in [-0.1, -0.05) is 24.6 Å². The first-order valence-electron chi connectivity index (χ1n) is 4.32. The minimum atomic E-state index is 0.166. The van der Waals surface area contributed by atoms with Crippen molar-refractivity contribution in [1.82, 2.24) is 0 Å². The number of alkyl halides is 1. The molecule has 1 atom stereocenters. The van der Waals surface area contributed by atoms with Crippen molar-refractivity contribution in [3.63, 3.8) is 0 Å². The number of aliphatic hydroxyl groups excluding tert-OH is 1. The predicted octanol–water partition coefficient (Wildman–Crippen LogP) is 2.38. The van der Waals surface area contributed by atoms with Gasteiger partial charge in [0.1, 0.15) is 0 Å². The van der Waals surface area contributed by atoms with E-state index in [0.29, 0.717) is 25.5 Å². The van der Waals surface area contributed by atoms with Gasteiger partial charge in [-0.25, -0.2) is 0 Å². The predicted molar refractivity (Wildman–Crippen MR) is 56.3 cm³/mol. The van der Waals surface area contributed by atoms with E-state index in [9.17, 15) is 0 Å². The second kappa shape index (κ2) is 8.82. The highest BCUT2D eigenvalue weighted by Gasteiger charge is 2.05. The minimum absolute atomic E-state index is 0.166. The molecule has 0 aromatic rings. The van der Waals surface area contributed by atoms with E-state index in [4.69, 9.17) is 33.0 Å². The number of halogens is 2. The zero-order valence-corrected chi connectivity index (χ0v) is 9.31. The first-order valence-corrected chi connectivity index (χ1v) is 5.23. The topological polar surface area (TPSA) is 29.5 Å². The lowest BCUT2D eigenvalue weighted by molar-refractivity contribution is 0.101. The van der Waals surface area contributed by atoms with Crippen molar-refractivity contribution in [2.75, 3.05) is 25.7 Å². The lowest BCUT2D eigenvalue weighted by atomic mass is 10.2. The van der Waals surface area contributed by atoms with Crippen LogP contribution in [-0.4, -0.2) is 30.8 Å². The Hall–Kier alpha value is 0.240. The summed E-state index contributed by atoms with van der Waals surface area (Å²) in [5.74, 6) is 0.610. The van der Waals surface area contributed by atoms with Crippen molar-refractivity contribution in [2.45, 2.75) is 13.3 Å². The van der Waals surface area contributed by atoms with Crippen LogP contribution in [0.5, 0.6) is 0 Å². The summed E-state index contributed by atoms with van der Waals surface area (Å²) in [4.78, 5) is 0. The first kappa shape index (κ1) is 13.2. The van der Waals surface area contributed by atoms with Gasteiger partial charge in [-0.3, -0.25) is 0 Å². The first-order chi connectivity index (χ1) is 6.22. The molecule has 78 valence electrons. The zero-order valence-electron chi connectivity index (χ0n) is 7.80. The zero-order chi connectivity index (χ0) is 10.1. The second-order valence-corrected chi connectivity index (χ2v) is 3.54. The molecule has 0 fully saturated rings. The summed E-state index contributed by atoms with van der Waals surface area (Å²) in [6.45, 7) is 3.29. The Kier molecular flexibility index (Phi) is 8.98. The van der Waals surface area contributed by atoms with Crippen LogP contribution in [0.25, 0.3) is 0 Å². The lowest BCUT2D eigenvalue weighted by Gasteiger charge is -2.10. The van der Waals surface area contributed by atoms with Crippen molar-refractivity contribution < 1.29 is 9.84 Å². The Bertz CT molecular complexity index is 149. The Labute approximate surface area is 89.5 Å². The molecule has 0 saturated heterocycles. The van der Waals surface area contributed by atoms with Gasteiger partial charge in [-0.15, -0.1) is 11.6 Å². The SMILES string of the molecule is CC(COCCCO)/C(Cl)=C\CCl. The molecule has 1 N–H and O–H groups in total. The van der Waals surface area contributed by atoms with Crippen LogP contribution >= 0.6 is 23.2 Å². The molecule has 0 amide bonds. The van der Waals surface area contributed by atoms with Crippen molar-refractivity contribution in [2.24, 2.45) is 5.92 Å². The maximum atomic E-state index is 8.49. The molecular formula is C9H16Cl2O2. The maximum absolute atomic E-state index is 8.49. The molecule has 0 heterocycles. The van der Waals surface area contributed by atoms with Gasteiger partial charge in [0, 0.05) is 30.0 Å². The van der Waals surface area contributed by atoms with Crippen LogP contribution < -0.4 is 0 Å². The van der Waals surface area contributed by atoms with Gasteiger partial charge in [0.05, 0.1) is 6.61 Å². The molecule has 13 heavy (non-hydrogen) atoms. The minimum Gasteiger partial charge on any atom is -0.396 e. The molecule has 0 aromatic heterocycles. The normalized spacial score (nSPS) is 14.6. The molecular weight excluding hydrogens is 211 g/mol. The van der Waals surface area contributed by atoms with Gasteiger partial charge in [0.2, 0.25) is 0 Å². The van der Waals surface area contributed by atoms with Crippen LogP contribution in [0.3, 0.4) is 0 Å². The van der Waals surface area contributed by atoms with E-state index in [0.717, 1.165) is 5.03 Å². The van der Waals surface area contributed by atoms with Crippen molar-refractivity contribution in [1.29, 1.82) is 0 Å². The molecule has 0 saturated carbocycles. The third-order valence-electron chi connectivity index (χ3n) is 1.56. The van der Waals surface area contributed by atoms with Gasteiger partial charge in [0.25, 0.3) is 0 Å². The molecule has 0 radical (unpaired) electrons. The van der Waals surface area contributed by atoms with Gasteiger partial charge in [-0.2, -0.15) is 0 Å². The second-order valence-electron chi connectivity index (χ2n) is 2.80. The molecule has 4 heteroatoms. The summed E-state index contributed by atoms with van der Waals surface area (Å²) in [6.07, 6.45) is 2.44. The maximum Gasteiger partial charge on any atom is 0.0540 e. The lowest BCUT2D eigenvalue weighted by Crippen LogP contribution is -2.08. The number of allylic oxidation sites excluding steroid dienone is 1. The van der Waals surface area contributed by atoms with E-state index in [2.05, 4.69) is 0 Å². The van der Waals surface area contributed by atoms with Gasteiger partial charge < -0.3 is 9.84 Å². The number of hydrogen-bond acceptors (Lipinski definition) is 2. The van der Waals surface area contributed by atoms with Crippen LogP contribution in [0.4, 0.5) is 0 Å². The van der Waals surface area contributed by atoms with E-state index in [1.807, 2.05) is 6.92 Å². The highest BCUT2D eigenvalue weighted by molar-refractivity contribution is 6.30. The van der Waals surface area contributed by atoms with Crippen LogP contribution in [0, 0.1) is 5.92 Å². The average Bonchev–Trinajstić information content (AvgIpc) is 2.12. The van der Waals surface area contributed by atoms with Crippen LogP contribution in [-0.2, 0) is 4.74 Å². The highest BCUT2D eigenvalue weighted by atomic mass is 35.5. The number of rotatable bonds is 7. The fourth-order valence-corrected chi connectivity index (χ4v) is 1.17. The quantitative estimate of drug-likeness (QED) is 0.534. The summed E-state index contributed by atoms with van der Waals surface area (Å²) < 4.78 is 5.27. The standard InChI is InChI=1S/C9H16Cl2O2/c1-8(9(11)3-4-10)7-13-6-2-5-12/h3,8,12H,2,4-7H2,1H3/b9-3+. The molecule has 0 aliphatic carbocycles. The average molecular weight is 227 g/mol. The molecule has 0 aromatic carbocycles. The Morgan fingerprint density at radius 2 is 2.31 bits per heavy atom. The number of aliphatic hydroxyl groups is 1. The smallest absolute Gasteiger partial charge is 0.0540 e. The third-order valence-corrected chi connectivity index (χ3v) is 2.24. The van der Waals surface area contributed by atoms with Gasteiger partial charge in [0.15, 0.2) is 0 Å². The fourth-order valence-electron chi connectivity index (χ4n) is 0.781. The summed E-state index contributed by atoms with van der Waals surface area (Å²) in [5.41, 5.74) is 0. The third kappa shape index (κ3) is 7.32. The van der Waals surface area contributed by atoms with Gasteiger partial charge >= 0.3 is 0 Å². The highest BCUT2D eigenvalue weighted by Crippen LogP contribution is 2.15. The Balaban J connectivity index is 3.49. The van der Waals surface area contributed by atoms with Crippen molar-refractivity contribution >= 4 is 23.2 Å². The largest absolute Gasteiger partial charge is 0.396 e. The molecule has 0 spiro atoms. The van der Waals surface area contributed by atoms with E-state index in [1.165, 1.54) is 0 Å². The van der Waals surface area contributed by atoms with E-state index in [1.54, 1.807) is 6.08 Å². The molecule has 0 rings (SSSR count). The summed E-state index contributed by atoms with van der Waals surface area (Å²) >= 11 is 11.4.